The quantitative estimate of drug-likeness (QED) is 0.267. The van der Waals surface area contributed by atoms with Gasteiger partial charge < -0.3 is 10.1 Å². The van der Waals surface area contributed by atoms with Crippen LogP contribution in [-0.2, 0) is 16.2 Å². The molecule has 0 unspecified atom stereocenters. The van der Waals surface area contributed by atoms with Crippen molar-refractivity contribution in [3.63, 3.8) is 0 Å². The number of carbonyl (C=O) groups excluding carboxylic acids is 2. The summed E-state index contributed by atoms with van der Waals surface area (Å²) in [4.78, 5) is 24.1. The van der Waals surface area contributed by atoms with E-state index in [0.29, 0.717) is 43.2 Å². The highest BCUT2D eigenvalue weighted by Gasteiger charge is 2.14. The molecule has 0 spiro atoms. The van der Waals surface area contributed by atoms with E-state index in [2.05, 4.69) is 15.8 Å². The fourth-order valence-electron chi connectivity index (χ4n) is 2.65. The van der Waals surface area contributed by atoms with Gasteiger partial charge in [-0.2, -0.15) is 5.10 Å². The van der Waals surface area contributed by atoms with Crippen LogP contribution in [0.5, 0.6) is 5.75 Å². The number of hydrogen-bond acceptors (Lipinski definition) is 4. The van der Waals surface area contributed by atoms with Gasteiger partial charge >= 0.3 is 11.8 Å². The summed E-state index contributed by atoms with van der Waals surface area (Å²) in [6.45, 7) is 1.93. The number of hydrazone groups is 1. The topological polar surface area (TPSA) is 79.8 Å². The molecule has 0 fully saturated rings. The third-order valence-electron chi connectivity index (χ3n) is 4.40. The molecule has 0 bridgehead atoms. The van der Waals surface area contributed by atoms with Crippen LogP contribution in [0.3, 0.4) is 0 Å². The zero-order valence-corrected chi connectivity index (χ0v) is 19.1. The lowest BCUT2D eigenvalue weighted by Gasteiger charge is -2.10. The van der Waals surface area contributed by atoms with Crippen LogP contribution in [0.1, 0.15) is 16.7 Å². The zero-order chi connectivity index (χ0) is 23.1. The van der Waals surface area contributed by atoms with Crippen LogP contribution in [-0.4, -0.2) is 18.0 Å². The molecule has 2 N–H and O–H groups in total. The van der Waals surface area contributed by atoms with Gasteiger partial charge in [-0.3, -0.25) is 9.59 Å². The summed E-state index contributed by atoms with van der Waals surface area (Å²) in [5.41, 5.74) is 4.63. The highest BCUT2D eigenvalue weighted by Crippen LogP contribution is 2.26. The first-order valence-corrected chi connectivity index (χ1v) is 10.5. The van der Waals surface area contributed by atoms with Crippen LogP contribution in [0.2, 0.25) is 15.1 Å². The average molecular weight is 491 g/mol. The summed E-state index contributed by atoms with van der Waals surface area (Å²) in [6, 6.07) is 17.3. The van der Waals surface area contributed by atoms with E-state index in [1.165, 1.54) is 6.21 Å². The molecule has 0 atom stereocenters. The maximum atomic E-state index is 12.1. The molecule has 0 heterocycles. The molecule has 0 aliphatic rings. The zero-order valence-electron chi connectivity index (χ0n) is 16.9. The van der Waals surface area contributed by atoms with Crippen molar-refractivity contribution in [1.29, 1.82) is 0 Å². The van der Waals surface area contributed by atoms with Gasteiger partial charge in [0.25, 0.3) is 0 Å². The summed E-state index contributed by atoms with van der Waals surface area (Å²) < 4.78 is 5.75. The van der Waals surface area contributed by atoms with Gasteiger partial charge in [0.1, 0.15) is 12.4 Å². The normalized spacial score (nSPS) is 10.8. The third-order valence-corrected chi connectivity index (χ3v) is 5.52. The van der Waals surface area contributed by atoms with Gasteiger partial charge in [0.15, 0.2) is 0 Å². The third kappa shape index (κ3) is 6.23. The second-order valence-corrected chi connectivity index (χ2v) is 7.85. The van der Waals surface area contributed by atoms with Gasteiger partial charge in [-0.15, -0.1) is 0 Å². The highest BCUT2D eigenvalue weighted by atomic mass is 35.5. The number of nitrogens with one attached hydrogen (secondary N) is 2. The van der Waals surface area contributed by atoms with Crippen molar-refractivity contribution in [1.82, 2.24) is 5.43 Å². The van der Waals surface area contributed by atoms with Gasteiger partial charge in [0.2, 0.25) is 0 Å². The van der Waals surface area contributed by atoms with E-state index >= 15 is 0 Å². The van der Waals surface area contributed by atoms with Crippen molar-refractivity contribution in [3.8, 4) is 5.75 Å². The Balaban J connectivity index is 1.56. The van der Waals surface area contributed by atoms with Crippen molar-refractivity contribution in [3.05, 3.63) is 92.4 Å². The number of amides is 2. The Morgan fingerprint density at radius 2 is 1.59 bits per heavy atom. The number of halogens is 3. The van der Waals surface area contributed by atoms with Crippen molar-refractivity contribution < 1.29 is 14.3 Å². The van der Waals surface area contributed by atoms with Gasteiger partial charge in [0.05, 0.1) is 6.21 Å². The Morgan fingerprint density at radius 3 is 2.34 bits per heavy atom. The molecular weight excluding hydrogens is 473 g/mol. The number of carbonyl (C=O) groups is 2. The predicted octanol–water partition coefficient (Wildman–Crippen LogP) is 5.62. The van der Waals surface area contributed by atoms with E-state index in [9.17, 15) is 9.59 Å². The summed E-state index contributed by atoms with van der Waals surface area (Å²) in [5, 5.41) is 7.84. The maximum absolute atomic E-state index is 12.1. The fourth-order valence-corrected chi connectivity index (χ4v) is 3.33. The van der Waals surface area contributed by atoms with Crippen molar-refractivity contribution in [2.24, 2.45) is 5.10 Å². The molecule has 3 rings (SSSR count). The lowest BCUT2D eigenvalue weighted by atomic mass is 10.2. The maximum Gasteiger partial charge on any atom is 0.329 e. The number of anilines is 1. The number of nitrogens with zero attached hydrogens (tertiary/aromatic N) is 1. The summed E-state index contributed by atoms with van der Waals surface area (Å²) in [7, 11) is 0. The minimum absolute atomic E-state index is 0.193. The van der Waals surface area contributed by atoms with E-state index in [4.69, 9.17) is 39.5 Å². The molecule has 2 amide bonds. The lowest BCUT2D eigenvalue weighted by Crippen LogP contribution is -2.32. The second-order valence-electron chi connectivity index (χ2n) is 6.63. The van der Waals surface area contributed by atoms with E-state index in [1.807, 2.05) is 0 Å². The van der Waals surface area contributed by atoms with Gasteiger partial charge in [0, 0.05) is 26.3 Å². The smallest absolute Gasteiger partial charge is 0.329 e. The molecule has 0 aliphatic heterocycles. The number of hydrogen-bond donors (Lipinski definition) is 2. The molecule has 0 radical (unpaired) electrons. The Kier molecular flexibility index (Phi) is 8.11. The standard InChI is InChI=1S/C23H18Cl3N3O3/c1-14-18(24)7-4-10-21(14)28-22(30)23(31)29-27-12-15-5-2-6-16(11-15)32-13-17-19(25)8-3-9-20(17)26/h2-12H,13H2,1H3,(H,28,30)(H,29,31)/b27-12+. The molecule has 6 nitrogen and oxygen atoms in total. The van der Waals surface area contributed by atoms with E-state index in [-0.39, 0.29) is 6.61 Å². The molecular formula is C23H18Cl3N3O3. The van der Waals surface area contributed by atoms with Crippen LogP contribution in [0, 0.1) is 6.92 Å². The Bertz CT molecular complexity index is 1160. The Labute approximate surface area is 200 Å². The van der Waals surface area contributed by atoms with Crippen molar-refractivity contribution in [2.75, 3.05) is 5.32 Å². The first-order valence-electron chi connectivity index (χ1n) is 9.40. The van der Waals surface area contributed by atoms with Crippen LogP contribution < -0.4 is 15.5 Å². The van der Waals surface area contributed by atoms with Gasteiger partial charge in [-0.1, -0.05) is 59.1 Å². The van der Waals surface area contributed by atoms with E-state index in [0.717, 1.165) is 0 Å². The largest absolute Gasteiger partial charge is 0.489 e. The molecule has 0 saturated carbocycles. The molecule has 164 valence electrons. The monoisotopic (exact) mass is 489 g/mol. The average Bonchev–Trinajstić information content (AvgIpc) is 2.77. The predicted molar refractivity (Wildman–Crippen MR) is 128 cm³/mol. The number of rotatable bonds is 6. The second kappa shape index (κ2) is 11.0. The lowest BCUT2D eigenvalue weighted by molar-refractivity contribution is -0.136. The Morgan fingerprint density at radius 1 is 0.938 bits per heavy atom. The number of ether oxygens (including phenoxy) is 1. The van der Waals surface area contributed by atoms with Gasteiger partial charge in [-0.25, -0.2) is 5.43 Å². The molecule has 0 aromatic heterocycles. The van der Waals surface area contributed by atoms with Crippen LogP contribution in [0.25, 0.3) is 0 Å². The van der Waals surface area contributed by atoms with Crippen molar-refractivity contribution in [2.45, 2.75) is 13.5 Å². The molecule has 0 aliphatic carbocycles. The number of benzene rings is 3. The molecule has 0 saturated heterocycles. The molecule has 3 aromatic rings. The SMILES string of the molecule is Cc1c(Cl)cccc1NC(=O)C(=O)N/N=C/c1cccc(OCc2c(Cl)cccc2Cl)c1. The van der Waals surface area contributed by atoms with Gasteiger partial charge in [-0.05, 0) is 54.4 Å². The van der Waals surface area contributed by atoms with Crippen LogP contribution >= 0.6 is 34.8 Å². The minimum Gasteiger partial charge on any atom is -0.489 e. The molecule has 9 heteroatoms. The highest BCUT2D eigenvalue weighted by molar-refractivity contribution is 6.40. The first kappa shape index (κ1) is 23.6. The first-order chi connectivity index (χ1) is 15.3. The summed E-state index contributed by atoms with van der Waals surface area (Å²) in [5.74, 6) is -1.21. The van der Waals surface area contributed by atoms with Crippen molar-refractivity contribution >= 4 is 58.5 Å². The molecule has 3 aromatic carbocycles. The fraction of sp³-hybridized carbons (Fsp3) is 0.0870. The summed E-state index contributed by atoms with van der Waals surface area (Å²) >= 11 is 18.3. The Hall–Kier alpha value is -3.06. The van der Waals surface area contributed by atoms with E-state index in [1.54, 1.807) is 67.6 Å². The summed E-state index contributed by atoms with van der Waals surface area (Å²) in [6.07, 6.45) is 1.39. The van der Waals surface area contributed by atoms with Crippen LogP contribution in [0.4, 0.5) is 5.69 Å². The van der Waals surface area contributed by atoms with Crippen LogP contribution in [0.15, 0.2) is 65.8 Å². The van der Waals surface area contributed by atoms with E-state index < -0.39 is 11.8 Å². The minimum atomic E-state index is -0.915. The molecule has 32 heavy (non-hydrogen) atoms.